The van der Waals surface area contributed by atoms with Crippen molar-refractivity contribution in [3.05, 3.63) is 23.8 Å². The lowest BCUT2D eigenvalue weighted by molar-refractivity contribution is -0.130. The Morgan fingerprint density at radius 2 is 1.84 bits per heavy atom. The van der Waals surface area contributed by atoms with Gasteiger partial charge in [0.25, 0.3) is 5.91 Å². The van der Waals surface area contributed by atoms with Crippen LogP contribution in [0.15, 0.2) is 23.1 Å². The van der Waals surface area contributed by atoms with Gasteiger partial charge in [0.1, 0.15) is 10.6 Å². The largest absolute Gasteiger partial charge is 0.495 e. The van der Waals surface area contributed by atoms with E-state index in [2.05, 4.69) is 23.9 Å². The Kier molecular flexibility index (Phi) is 7.26. The summed E-state index contributed by atoms with van der Waals surface area (Å²) in [4.78, 5) is 25.1. The lowest BCUT2D eigenvalue weighted by Crippen LogP contribution is -2.47. The minimum atomic E-state index is -3.83. The minimum absolute atomic E-state index is 0.0382. The molecule has 0 aliphatic heterocycles. The van der Waals surface area contributed by atoms with E-state index in [-0.39, 0.29) is 34.2 Å². The maximum atomic E-state index is 12.6. The average Bonchev–Trinajstić information content (AvgIpc) is 3.54. The summed E-state index contributed by atoms with van der Waals surface area (Å²) in [6.45, 7) is 5.82. The van der Waals surface area contributed by atoms with Crippen molar-refractivity contribution >= 4 is 21.9 Å². The molecule has 172 valence electrons. The monoisotopic (exact) mass is 452 g/mol. The zero-order valence-electron chi connectivity index (χ0n) is 18.5. The normalized spacial score (nSPS) is 24.8. The number of rotatable bonds is 8. The zero-order chi connectivity index (χ0) is 22.8. The van der Waals surface area contributed by atoms with Crippen LogP contribution in [0, 0.1) is 11.8 Å². The quantitative estimate of drug-likeness (QED) is 0.587. The molecule has 2 N–H and O–H groups in total. The Bertz CT molecular complexity index is 928. The molecule has 2 aliphatic carbocycles. The van der Waals surface area contributed by atoms with Gasteiger partial charge in [-0.15, -0.1) is 0 Å². The van der Waals surface area contributed by atoms with E-state index in [1.165, 1.54) is 32.2 Å². The molecule has 1 amide bonds. The highest BCUT2D eigenvalue weighted by Crippen LogP contribution is 2.30. The summed E-state index contributed by atoms with van der Waals surface area (Å²) in [5.74, 6) is -0.0973. The molecule has 3 rings (SSSR count). The number of hydrogen-bond acceptors (Lipinski definition) is 6. The van der Waals surface area contributed by atoms with Gasteiger partial charge in [0.05, 0.1) is 12.7 Å². The van der Waals surface area contributed by atoms with Crippen molar-refractivity contribution < 1.29 is 27.5 Å². The van der Waals surface area contributed by atoms with Gasteiger partial charge in [-0.05, 0) is 56.2 Å². The van der Waals surface area contributed by atoms with Crippen LogP contribution in [0.2, 0.25) is 0 Å². The number of sulfonamides is 1. The Morgan fingerprint density at radius 3 is 2.48 bits per heavy atom. The van der Waals surface area contributed by atoms with E-state index in [9.17, 15) is 18.0 Å². The molecule has 2 aliphatic rings. The third-order valence-electron chi connectivity index (χ3n) is 6.28. The molecule has 1 aromatic rings. The van der Waals surface area contributed by atoms with Gasteiger partial charge in [-0.3, -0.25) is 4.79 Å². The van der Waals surface area contributed by atoms with Crippen molar-refractivity contribution in [2.45, 2.75) is 76.0 Å². The molecule has 4 unspecified atom stereocenters. The number of nitrogens with one attached hydrogen (secondary N) is 2. The molecule has 2 saturated carbocycles. The molecule has 31 heavy (non-hydrogen) atoms. The van der Waals surface area contributed by atoms with Crippen LogP contribution in [-0.4, -0.2) is 45.6 Å². The van der Waals surface area contributed by atoms with Gasteiger partial charge < -0.3 is 14.8 Å². The Morgan fingerprint density at radius 1 is 1.13 bits per heavy atom. The number of esters is 1. The van der Waals surface area contributed by atoms with E-state index in [1.807, 2.05) is 0 Å². The van der Waals surface area contributed by atoms with E-state index in [0.717, 1.165) is 32.1 Å². The van der Waals surface area contributed by atoms with Gasteiger partial charge in [0.15, 0.2) is 6.10 Å². The predicted octanol–water partition coefficient (Wildman–Crippen LogP) is 2.62. The van der Waals surface area contributed by atoms with Gasteiger partial charge in [-0.1, -0.05) is 26.7 Å². The van der Waals surface area contributed by atoms with Crippen LogP contribution in [0.1, 0.15) is 63.2 Å². The van der Waals surface area contributed by atoms with E-state index < -0.39 is 22.1 Å². The van der Waals surface area contributed by atoms with Crippen molar-refractivity contribution in [3.63, 3.8) is 0 Å². The Hall–Kier alpha value is -2.13. The zero-order valence-corrected chi connectivity index (χ0v) is 19.3. The molecular formula is C22H32N2O6S. The number of amides is 1. The van der Waals surface area contributed by atoms with E-state index in [4.69, 9.17) is 9.47 Å². The van der Waals surface area contributed by atoms with Crippen LogP contribution < -0.4 is 14.8 Å². The van der Waals surface area contributed by atoms with Crippen LogP contribution in [0.4, 0.5) is 0 Å². The second-order valence-corrected chi connectivity index (χ2v) is 10.4. The first-order valence-electron chi connectivity index (χ1n) is 10.8. The average molecular weight is 453 g/mol. The molecule has 4 atom stereocenters. The van der Waals surface area contributed by atoms with Gasteiger partial charge in [0.2, 0.25) is 10.0 Å². The summed E-state index contributed by atoms with van der Waals surface area (Å²) < 4.78 is 38.3. The summed E-state index contributed by atoms with van der Waals surface area (Å²) >= 11 is 0. The number of methoxy groups -OCH3 is 1. The lowest BCUT2D eigenvalue weighted by atomic mass is 9.78. The van der Waals surface area contributed by atoms with Crippen molar-refractivity contribution in [2.75, 3.05) is 7.11 Å². The smallest absolute Gasteiger partial charge is 0.338 e. The van der Waals surface area contributed by atoms with Crippen molar-refractivity contribution in [1.29, 1.82) is 0 Å². The molecule has 0 spiro atoms. The number of ether oxygens (including phenoxy) is 2. The fourth-order valence-corrected chi connectivity index (χ4v) is 5.37. The first kappa shape index (κ1) is 23.5. The van der Waals surface area contributed by atoms with Gasteiger partial charge in [-0.2, -0.15) is 0 Å². The molecule has 9 heteroatoms. The SMILES string of the molecule is COc1ccc(C(=O)OC(C)C(=O)NC2CCCC(C)C2C)cc1S(=O)(=O)NC1CC1. The fourth-order valence-electron chi connectivity index (χ4n) is 3.87. The van der Waals surface area contributed by atoms with Crippen LogP contribution in [0.5, 0.6) is 5.75 Å². The Balaban J connectivity index is 1.68. The van der Waals surface area contributed by atoms with E-state index in [0.29, 0.717) is 11.8 Å². The number of benzene rings is 1. The van der Waals surface area contributed by atoms with E-state index in [1.54, 1.807) is 0 Å². The van der Waals surface area contributed by atoms with Crippen molar-refractivity contribution in [2.24, 2.45) is 11.8 Å². The number of hydrogen-bond donors (Lipinski definition) is 2. The minimum Gasteiger partial charge on any atom is -0.495 e. The van der Waals surface area contributed by atoms with Gasteiger partial charge >= 0.3 is 5.97 Å². The van der Waals surface area contributed by atoms with Crippen molar-refractivity contribution in [1.82, 2.24) is 10.0 Å². The number of carbonyl (C=O) groups is 2. The molecule has 8 nitrogen and oxygen atoms in total. The maximum absolute atomic E-state index is 12.6. The molecule has 0 heterocycles. The molecule has 0 bridgehead atoms. The third-order valence-corrected chi connectivity index (χ3v) is 7.82. The first-order valence-corrected chi connectivity index (χ1v) is 12.3. The van der Waals surface area contributed by atoms with Crippen LogP contribution in [0.3, 0.4) is 0 Å². The van der Waals surface area contributed by atoms with Gasteiger partial charge in [-0.25, -0.2) is 17.9 Å². The highest BCUT2D eigenvalue weighted by atomic mass is 32.2. The summed E-state index contributed by atoms with van der Waals surface area (Å²) in [5, 5.41) is 3.00. The molecule has 0 saturated heterocycles. The van der Waals surface area contributed by atoms with E-state index >= 15 is 0 Å². The summed E-state index contributed by atoms with van der Waals surface area (Å²) in [7, 11) is -2.47. The molecule has 1 aromatic carbocycles. The molecule has 2 fully saturated rings. The number of carbonyl (C=O) groups excluding carboxylic acids is 2. The first-order chi connectivity index (χ1) is 14.6. The second kappa shape index (κ2) is 9.56. The maximum Gasteiger partial charge on any atom is 0.338 e. The summed E-state index contributed by atoms with van der Waals surface area (Å²) in [6, 6.07) is 4.03. The second-order valence-electron chi connectivity index (χ2n) is 8.69. The highest BCUT2D eigenvalue weighted by molar-refractivity contribution is 7.89. The highest BCUT2D eigenvalue weighted by Gasteiger charge is 2.32. The lowest BCUT2D eigenvalue weighted by Gasteiger charge is -2.35. The Labute approximate surface area is 184 Å². The fraction of sp³-hybridized carbons (Fsp3) is 0.636. The molecule has 0 aromatic heterocycles. The molecular weight excluding hydrogens is 420 g/mol. The standard InChI is InChI=1S/C22H32N2O6S/c1-13-6-5-7-18(14(13)2)23-21(25)15(3)30-22(26)16-8-11-19(29-4)20(12-16)31(27,28)24-17-9-10-17/h8,11-15,17-18,24H,5-7,9-10H2,1-4H3,(H,23,25). The predicted molar refractivity (Wildman–Crippen MR) is 115 cm³/mol. The van der Waals surface area contributed by atoms with Crippen LogP contribution >= 0.6 is 0 Å². The van der Waals surface area contributed by atoms with Crippen LogP contribution in [0.25, 0.3) is 0 Å². The van der Waals surface area contributed by atoms with Crippen molar-refractivity contribution in [3.8, 4) is 5.75 Å². The summed E-state index contributed by atoms with van der Waals surface area (Å²) in [5.41, 5.74) is 0.0382. The third kappa shape index (κ3) is 5.77. The van der Waals surface area contributed by atoms with Crippen LogP contribution in [-0.2, 0) is 19.6 Å². The topological polar surface area (TPSA) is 111 Å². The van der Waals surface area contributed by atoms with Gasteiger partial charge in [0, 0.05) is 12.1 Å². The molecule has 0 radical (unpaired) electrons. The summed E-state index contributed by atoms with van der Waals surface area (Å²) in [6.07, 6.45) is 3.69.